The molecule has 10 heteroatoms. The van der Waals surface area contributed by atoms with E-state index < -0.39 is 22.0 Å². The molecule has 0 spiro atoms. The number of nitrogens with one attached hydrogen (secondary N) is 1. The van der Waals surface area contributed by atoms with Crippen molar-refractivity contribution in [2.45, 2.75) is 16.7 Å². The first-order chi connectivity index (χ1) is 9.79. The molecule has 2 aromatic rings. The first kappa shape index (κ1) is 16.9. The Kier molecular flexibility index (Phi) is 5.44. The summed E-state index contributed by atoms with van der Waals surface area (Å²) in [5.41, 5.74) is 0. The molecular formula is C11H9BrClNO4S3. The average Bonchev–Trinajstić information content (AvgIpc) is 2.99. The molecule has 114 valence electrons. The Morgan fingerprint density at radius 2 is 2.24 bits per heavy atom. The van der Waals surface area contributed by atoms with Crippen LogP contribution in [0.15, 0.2) is 31.6 Å². The van der Waals surface area contributed by atoms with E-state index in [4.69, 9.17) is 16.7 Å². The summed E-state index contributed by atoms with van der Waals surface area (Å²) in [5.74, 6) is -1.08. The third-order valence-corrected chi connectivity index (χ3v) is 7.86. The van der Waals surface area contributed by atoms with Crippen molar-refractivity contribution in [3.05, 3.63) is 37.3 Å². The molecule has 0 aromatic carbocycles. The SMILES string of the molecule is O=C(O)CC(NS(=O)(=O)c1cc(Cl)c(Br)s1)c1cccs1. The van der Waals surface area contributed by atoms with E-state index in [1.807, 2.05) is 0 Å². The van der Waals surface area contributed by atoms with Gasteiger partial charge in [-0.05, 0) is 33.4 Å². The van der Waals surface area contributed by atoms with Crippen LogP contribution in [0.25, 0.3) is 0 Å². The number of thiophene rings is 2. The number of hydrogen-bond donors (Lipinski definition) is 2. The number of carboxylic acid groups (broad SMARTS) is 1. The Bertz CT molecular complexity index is 722. The summed E-state index contributed by atoms with van der Waals surface area (Å²) in [6, 6.07) is 3.94. The van der Waals surface area contributed by atoms with Crippen LogP contribution in [-0.2, 0) is 14.8 Å². The number of carboxylic acids is 1. The number of halogens is 2. The van der Waals surface area contributed by atoms with Crippen molar-refractivity contribution < 1.29 is 18.3 Å². The normalized spacial score (nSPS) is 13.2. The molecule has 1 atom stereocenters. The molecule has 1 unspecified atom stereocenters. The molecule has 0 radical (unpaired) electrons. The minimum Gasteiger partial charge on any atom is -0.481 e. The van der Waals surface area contributed by atoms with Crippen molar-refractivity contribution in [3.8, 4) is 0 Å². The van der Waals surface area contributed by atoms with E-state index in [9.17, 15) is 13.2 Å². The van der Waals surface area contributed by atoms with Gasteiger partial charge in [-0.3, -0.25) is 4.79 Å². The third-order valence-electron chi connectivity index (χ3n) is 2.45. The predicted molar refractivity (Wildman–Crippen MR) is 86.7 cm³/mol. The van der Waals surface area contributed by atoms with Gasteiger partial charge in [0.25, 0.3) is 10.0 Å². The fourth-order valence-electron chi connectivity index (χ4n) is 1.57. The summed E-state index contributed by atoms with van der Waals surface area (Å²) in [4.78, 5) is 11.6. The van der Waals surface area contributed by atoms with E-state index in [2.05, 4.69) is 20.7 Å². The zero-order valence-electron chi connectivity index (χ0n) is 10.2. The van der Waals surface area contributed by atoms with Crippen LogP contribution < -0.4 is 4.72 Å². The van der Waals surface area contributed by atoms with E-state index in [-0.39, 0.29) is 10.6 Å². The van der Waals surface area contributed by atoms with Gasteiger partial charge in [0, 0.05) is 4.88 Å². The topological polar surface area (TPSA) is 83.5 Å². The van der Waals surface area contributed by atoms with E-state index in [0.29, 0.717) is 13.7 Å². The molecular weight excluding hydrogens is 422 g/mol. The Labute approximate surface area is 142 Å². The minimum absolute atomic E-state index is 0.0336. The van der Waals surface area contributed by atoms with Gasteiger partial charge >= 0.3 is 5.97 Å². The Morgan fingerprint density at radius 1 is 1.52 bits per heavy atom. The number of carbonyl (C=O) groups is 1. The van der Waals surface area contributed by atoms with Crippen LogP contribution in [0.3, 0.4) is 0 Å². The van der Waals surface area contributed by atoms with Crippen LogP contribution in [0.5, 0.6) is 0 Å². The molecule has 0 saturated heterocycles. The molecule has 0 amide bonds. The number of hydrogen-bond acceptors (Lipinski definition) is 5. The summed E-state index contributed by atoms with van der Waals surface area (Å²) >= 11 is 11.3. The van der Waals surface area contributed by atoms with Gasteiger partial charge in [-0.2, -0.15) is 0 Å². The molecule has 0 fully saturated rings. The zero-order chi connectivity index (χ0) is 15.6. The Hall–Kier alpha value is -0.450. The minimum atomic E-state index is -3.84. The fourth-order valence-corrected chi connectivity index (χ4v) is 6.05. The maximum absolute atomic E-state index is 12.3. The van der Waals surface area contributed by atoms with Crippen molar-refractivity contribution in [3.63, 3.8) is 0 Å². The highest BCUT2D eigenvalue weighted by molar-refractivity contribution is 9.11. The maximum atomic E-state index is 12.3. The predicted octanol–water partition coefficient (Wildman–Crippen LogP) is 3.72. The number of sulfonamides is 1. The van der Waals surface area contributed by atoms with Gasteiger partial charge < -0.3 is 5.11 Å². The van der Waals surface area contributed by atoms with Gasteiger partial charge in [-0.1, -0.05) is 17.7 Å². The van der Waals surface area contributed by atoms with Gasteiger partial charge in [0.1, 0.15) is 4.21 Å². The molecule has 2 aromatic heterocycles. The molecule has 0 aliphatic rings. The third kappa shape index (κ3) is 4.27. The molecule has 0 aliphatic heterocycles. The smallest absolute Gasteiger partial charge is 0.305 e. The Balaban J connectivity index is 2.29. The van der Waals surface area contributed by atoms with Crippen molar-refractivity contribution in [1.29, 1.82) is 0 Å². The Morgan fingerprint density at radius 3 is 2.71 bits per heavy atom. The lowest BCUT2D eigenvalue weighted by Crippen LogP contribution is -2.29. The second-order valence-electron chi connectivity index (χ2n) is 3.97. The zero-order valence-corrected chi connectivity index (χ0v) is 15.0. The van der Waals surface area contributed by atoms with Crippen LogP contribution in [0.2, 0.25) is 5.02 Å². The average molecular weight is 431 g/mol. The van der Waals surface area contributed by atoms with E-state index in [1.54, 1.807) is 17.5 Å². The summed E-state index contributed by atoms with van der Waals surface area (Å²) in [6.45, 7) is 0. The lowest BCUT2D eigenvalue weighted by molar-refractivity contribution is -0.137. The highest BCUT2D eigenvalue weighted by Gasteiger charge is 2.26. The second kappa shape index (κ2) is 6.76. The second-order valence-corrected chi connectivity index (χ2v) is 9.67. The van der Waals surface area contributed by atoms with Crippen molar-refractivity contribution >= 4 is 66.2 Å². The highest BCUT2D eigenvalue weighted by atomic mass is 79.9. The monoisotopic (exact) mass is 429 g/mol. The molecule has 2 rings (SSSR count). The van der Waals surface area contributed by atoms with Crippen LogP contribution in [0, 0.1) is 0 Å². The van der Waals surface area contributed by atoms with Gasteiger partial charge in [0.05, 0.1) is 21.3 Å². The molecule has 5 nitrogen and oxygen atoms in total. The quantitative estimate of drug-likeness (QED) is 0.731. The van der Waals surface area contributed by atoms with E-state index >= 15 is 0 Å². The first-order valence-corrected chi connectivity index (χ1v) is 9.87. The summed E-state index contributed by atoms with van der Waals surface area (Å²) in [7, 11) is -3.84. The van der Waals surface area contributed by atoms with E-state index in [0.717, 1.165) is 11.3 Å². The van der Waals surface area contributed by atoms with Crippen LogP contribution in [0.1, 0.15) is 17.3 Å². The lowest BCUT2D eigenvalue weighted by Gasteiger charge is -2.14. The van der Waals surface area contributed by atoms with Gasteiger partial charge in [-0.25, -0.2) is 13.1 Å². The van der Waals surface area contributed by atoms with E-state index in [1.165, 1.54) is 17.4 Å². The van der Waals surface area contributed by atoms with Gasteiger partial charge in [0.15, 0.2) is 0 Å². The lowest BCUT2D eigenvalue weighted by atomic mass is 10.2. The van der Waals surface area contributed by atoms with Crippen LogP contribution in [0.4, 0.5) is 0 Å². The molecule has 2 N–H and O–H groups in total. The molecule has 0 saturated carbocycles. The molecule has 0 aliphatic carbocycles. The van der Waals surface area contributed by atoms with Crippen LogP contribution >= 0.6 is 50.2 Å². The highest BCUT2D eigenvalue weighted by Crippen LogP contribution is 2.35. The van der Waals surface area contributed by atoms with Gasteiger partial charge in [0.2, 0.25) is 0 Å². The summed E-state index contributed by atoms with van der Waals surface area (Å²) in [5, 5.41) is 11.0. The maximum Gasteiger partial charge on any atom is 0.305 e. The van der Waals surface area contributed by atoms with Crippen molar-refractivity contribution in [2.24, 2.45) is 0 Å². The summed E-state index contributed by atoms with van der Waals surface area (Å²) in [6.07, 6.45) is -0.333. The molecule has 0 bridgehead atoms. The van der Waals surface area contributed by atoms with Crippen molar-refractivity contribution in [1.82, 2.24) is 4.72 Å². The first-order valence-electron chi connectivity index (χ1n) is 5.52. The molecule has 2 heterocycles. The van der Waals surface area contributed by atoms with Crippen LogP contribution in [-0.4, -0.2) is 19.5 Å². The van der Waals surface area contributed by atoms with Gasteiger partial charge in [-0.15, -0.1) is 22.7 Å². The standard InChI is InChI=1S/C11H9BrClNO4S3/c12-11-6(13)4-10(20-11)21(17,18)14-7(5-9(15)16)8-2-1-3-19-8/h1-4,7,14H,5H2,(H,15,16). The largest absolute Gasteiger partial charge is 0.481 e. The fraction of sp³-hybridized carbons (Fsp3) is 0.182. The summed E-state index contributed by atoms with van der Waals surface area (Å²) < 4.78 is 27.6. The molecule has 21 heavy (non-hydrogen) atoms. The van der Waals surface area contributed by atoms with Crippen molar-refractivity contribution in [2.75, 3.05) is 0 Å². The number of aliphatic carboxylic acids is 1. The number of rotatable bonds is 6.